The fourth-order valence-electron chi connectivity index (χ4n) is 2.01. The molecule has 3 rings (SSSR count). The first-order valence-electron chi connectivity index (χ1n) is 6.50. The van der Waals surface area contributed by atoms with Gasteiger partial charge in [-0.1, -0.05) is 12.1 Å². The van der Waals surface area contributed by atoms with Crippen molar-refractivity contribution in [3.05, 3.63) is 47.9 Å². The molecule has 0 aliphatic carbocycles. The van der Waals surface area contributed by atoms with Crippen molar-refractivity contribution in [3.8, 4) is 0 Å². The first-order valence-corrected chi connectivity index (χ1v) is 6.50. The zero-order valence-electron chi connectivity index (χ0n) is 11.8. The Hall–Kier alpha value is -2.97. The van der Waals surface area contributed by atoms with E-state index in [2.05, 4.69) is 20.4 Å². The first-order chi connectivity index (χ1) is 10.8. The lowest BCUT2D eigenvalue weighted by Gasteiger charge is -2.12. The minimum Gasteiger partial charge on any atom is -0.340 e. The quantitative estimate of drug-likeness (QED) is 0.751. The fourth-order valence-corrected chi connectivity index (χ4v) is 2.01. The second kappa shape index (κ2) is 5.34. The van der Waals surface area contributed by atoms with Crippen LogP contribution in [-0.2, 0) is 6.18 Å². The minimum atomic E-state index is -4.61. The van der Waals surface area contributed by atoms with Gasteiger partial charge in [0.2, 0.25) is 0 Å². The molecule has 6 nitrogen and oxygen atoms in total. The fraction of sp³-hybridized carbons (Fsp3) is 0.143. The van der Waals surface area contributed by atoms with Crippen LogP contribution in [0.1, 0.15) is 23.0 Å². The summed E-state index contributed by atoms with van der Waals surface area (Å²) in [5.74, 6) is -0.282. The Labute approximate surface area is 128 Å². The number of ketones is 1. The van der Waals surface area contributed by atoms with Crippen LogP contribution >= 0.6 is 0 Å². The van der Waals surface area contributed by atoms with Crippen LogP contribution in [0.5, 0.6) is 0 Å². The molecule has 0 bridgehead atoms. The molecule has 1 N–H and O–H groups in total. The van der Waals surface area contributed by atoms with Gasteiger partial charge in [0.25, 0.3) is 5.78 Å². The number of rotatable bonds is 3. The first kappa shape index (κ1) is 14.9. The van der Waals surface area contributed by atoms with E-state index >= 15 is 0 Å². The van der Waals surface area contributed by atoms with E-state index in [0.717, 1.165) is 16.9 Å². The number of benzene rings is 1. The summed E-state index contributed by atoms with van der Waals surface area (Å²) in [6.45, 7) is 1.41. The summed E-state index contributed by atoms with van der Waals surface area (Å²) in [7, 11) is 0. The van der Waals surface area contributed by atoms with Crippen LogP contribution in [-0.4, -0.2) is 25.4 Å². The van der Waals surface area contributed by atoms with Crippen LogP contribution in [0.2, 0.25) is 0 Å². The standard InChI is InChI=1S/C14H10F3N5O/c1-8(23)9-3-2-4-10(5-9)20-12-6-11(14(15,16)17)21-13-18-7-19-22(12)13/h2-7,20H,1H3. The molecule has 0 amide bonds. The van der Waals surface area contributed by atoms with E-state index in [1.807, 2.05) is 0 Å². The molecule has 0 aliphatic heterocycles. The van der Waals surface area contributed by atoms with E-state index in [4.69, 9.17) is 0 Å². The lowest BCUT2D eigenvalue weighted by Crippen LogP contribution is -2.12. The van der Waals surface area contributed by atoms with Gasteiger partial charge in [0.1, 0.15) is 12.1 Å². The lowest BCUT2D eigenvalue weighted by atomic mass is 10.1. The molecule has 0 saturated carbocycles. The van der Waals surface area contributed by atoms with Crippen molar-refractivity contribution in [3.63, 3.8) is 0 Å². The Bertz CT molecular complexity index is 887. The number of hydrogen-bond donors (Lipinski definition) is 1. The average molecular weight is 321 g/mol. The summed E-state index contributed by atoms with van der Waals surface area (Å²) in [6.07, 6.45) is -3.50. The second-order valence-electron chi connectivity index (χ2n) is 4.76. The number of carbonyl (C=O) groups is 1. The Balaban J connectivity index is 2.07. The van der Waals surface area contributed by atoms with Gasteiger partial charge < -0.3 is 5.32 Å². The van der Waals surface area contributed by atoms with Gasteiger partial charge in [-0.05, 0) is 19.1 Å². The van der Waals surface area contributed by atoms with Gasteiger partial charge in [-0.2, -0.15) is 27.8 Å². The van der Waals surface area contributed by atoms with Crippen molar-refractivity contribution in [1.82, 2.24) is 19.6 Å². The molecule has 118 valence electrons. The molecule has 0 aliphatic rings. The summed E-state index contributed by atoms with van der Waals surface area (Å²) in [5.41, 5.74) is -0.188. The summed E-state index contributed by atoms with van der Waals surface area (Å²) in [4.78, 5) is 18.5. The van der Waals surface area contributed by atoms with Crippen LogP contribution in [0, 0.1) is 0 Å². The molecule has 0 fully saturated rings. The van der Waals surface area contributed by atoms with E-state index in [9.17, 15) is 18.0 Å². The predicted octanol–water partition coefficient (Wildman–Crippen LogP) is 3.09. The molecule has 9 heteroatoms. The van der Waals surface area contributed by atoms with Crippen LogP contribution in [0.25, 0.3) is 5.78 Å². The minimum absolute atomic E-state index is 0.0422. The number of fused-ring (bicyclic) bond motifs is 1. The molecule has 2 aromatic heterocycles. The maximum Gasteiger partial charge on any atom is 0.433 e. The maximum atomic E-state index is 12.9. The van der Waals surface area contributed by atoms with E-state index < -0.39 is 11.9 Å². The molecule has 2 heterocycles. The zero-order valence-corrected chi connectivity index (χ0v) is 11.8. The maximum absolute atomic E-state index is 12.9. The second-order valence-corrected chi connectivity index (χ2v) is 4.76. The topological polar surface area (TPSA) is 72.2 Å². The van der Waals surface area contributed by atoms with E-state index in [0.29, 0.717) is 11.3 Å². The highest BCUT2D eigenvalue weighted by Gasteiger charge is 2.34. The van der Waals surface area contributed by atoms with Crippen LogP contribution in [0.4, 0.5) is 24.7 Å². The molecular formula is C14H10F3N5O. The summed E-state index contributed by atoms with van der Waals surface area (Å²) < 4.78 is 39.9. The van der Waals surface area contributed by atoms with Crippen molar-refractivity contribution in [2.75, 3.05) is 5.32 Å². The van der Waals surface area contributed by atoms with Gasteiger partial charge in [-0.3, -0.25) is 4.79 Å². The molecule has 0 atom stereocenters. The van der Waals surface area contributed by atoms with Gasteiger partial charge >= 0.3 is 6.18 Å². The third-order valence-corrected chi connectivity index (χ3v) is 3.08. The normalized spacial score (nSPS) is 11.7. The Morgan fingerprint density at radius 2 is 2.04 bits per heavy atom. The molecule has 0 unspecified atom stereocenters. The molecule has 0 radical (unpaired) electrons. The van der Waals surface area contributed by atoms with Crippen molar-refractivity contribution in [1.29, 1.82) is 0 Å². The van der Waals surface area contributed by atoms with Gasteiger partial charge in [0.05, 0.1) is 0 Å². The van der Waals surface area contributed by atoms with Gasteiger partial charge in [0.15, 0.2) is 11.5 Å². The number of anilines is 2. The zero-order chi connectivity index (χ0) is 16.6. The van der Waals surface area contributed by atoms with Gasteiger partial charge in [0, 0.05) is 17.3 Å². The highest BCUT2D eigenvalue weighted by molar-refractivity contribution is 5.95. The van der Waals surface area contributed by atoms with E-state index in [1.165, 1.54) is 6.92 Å². The third kappa shape index (κ3) is 2.98. The molecule has 1 aromatic carbocycles. The van der Waals surface area contributed by atoms with Crippen LogP contribution in [0.15, 0.2) is 36.7 Å². The molecule has 3 aromatic rings. The molecule has 23 heavy (non-hydrogen) atoms. The van der Waals surface area contributed by atoms with Crippen LogP contribution < -0.4 is 5.32 Å². The Morgan fingerprint density at radius 3 is 2.74 bits per heavy atom. The summed E-state index contributed by atoms with van der Waals surface area (Å²) >= 11 is 0. The lowest BCUT2D eigenvalue weighted by molar-refractivity contribution is -0.141. The molecule has 0 spiro atoms. The smallest absolute Gasteiger partial charge is 0.340 e. The number of hydrogen-bond acceptors (Lipinski definition) is 5. The Kier molecular flexibility index (Phi) is 3.47. The number of nitrogens with one attached hydrogen (secondary N) is 1. The molecular weight excluding hydrogens is 311 g/mol. The average Bonchev–Trinajstić information content (AvgIpc) is 2.95. The number of aromatic nitrogens is 4. The van der Waals surface area contributed by atoms with Gasteiger partial charge in [-0.25, -0.2) is 4.98 Å². The van der Waals surface area contributed by atoms with Gasteiger partial charge in [-0.15, -0.1) is 0 Å². The number of nitrogens with zero attached hydrogens (tertiary/aromatic N) is 4. The summed E-state index contributed by atoms with van der Waals surface area (Å²) in [6, 6.07) is 7.25. The predicted molar refractivity (Wildman–Crippen MR) is 75.5 cm³/mol. The monoisotopic (exact) mass is 321 g/mol. The van der Waals surface area contributed by atoms with E-state index in [1.54, 1.807) is 24.3 Å². The number of halogens is 3. The number of Topliss-reactive ketones (excluding diaryl/α,β-unsaturated/α-hetero) is 1. The third-order valence-electron chi connectivity index (χ3n) is 3.08. The highest BCUT2D eigenvalue weighted by Crippen LogP contribution is 2.30. The van der Waals surface area contributed by atoms with Crippen LogP contribution in [0.3, 0.4) is 0 Å². The largest absolute Gasteiger partial charge is 0.433 e. The van der Waals surface area contributed by atoms with E-state index in [-0.39, 0.29) is 17.4 Å². The van der Waals surface area contributed by atoms with Crippen molar-refractivity contribution >= 4 is 23.1 Å². The number of alkyl halides is 3. The van der Waals surface area contributed by atoms with Crippen molar-refractivity contribution in [2.45, 2.75) is 13.1 Å². The Morgan fingerprint density at radius 1 is 1.26 bits per heavy atom. The molecule has 0 saturated heterocycles. The van der Waals surface area contributed by atoms with Crippen molar-refractivity contribution < 1.29 is 18.0 Å². The SMILES string of the molecule is CC(=O)c1cccc(Nc2cc(C(F)(F)F)nc3ncnn23)c1. The van der Waals surface area contributed by atoms with Crippen molar-refractivity contribution in [2.24, 2.45) is 0 Å². The summed E-state index contributed by atoms with van der Waals surface area (Å²) in [5, 5.41) is 6.65. The number of carbonyl (C=O) groups excluding carboxylic acids is 1. The highest BCUT2D eigenvalue weighted by atomic mass is 19.4.